The average Bonchev–Trinajstić information content (AvgIpc) is 2.89. The number of rotatable bonds is 3. The predicted molar refractivity (Wildman–Crippen MR) is 71.2 cm³/mol. The van der Waals surface area contributed by atoms with Crippen molar-refractivity contribution in [1.29, 1.82) is 0 Å². The van der Waals surface area contributed by atoms with Crippen LogP contribution in [0.2, 0.25) is 0 Å². The molecule has 1 aromatic heterocycles. The number of nitrogens with zero attached hydrogens (tertiary/aromatic N) is 4. The van der Waals surface area contributed by atoms with E-state index in [1.165, 1.54) is 0 Å². The molecule has 1 aromatic carbocycles. The molecule has 19 heavy (non-hydrogen) atoms. The van der Waals surface area contributed by atoms with Gasteiger partial charge in [0, 0.05) is 32.7 Å². The maximum atomic E-state index is 9.32. The second kappa shape index (κ2) is 5.38. The second-order valence-electron chi connectivity index (χ2n) is 4.68. The molecule has 1 saturated heterocycles. The summed E-state index contributed by atoms with van der Waals surface area (Å²) in [5.41, 5.74) is 1.98. The average molecular weight is 259 g/mol. The Bertz CT molecular complexity index is 530. The minimum absolute atomic E-state index is 0.257. The highest BCUT2D eigenvalue weighted by molar-refractivity contribution is 5.36. The van der Waals surface area contributed by atoms with E-state index in [1.807, 2.05) is 16.8 Å². The molecule has 3 rings (SSSR count). The van der Waals surface area contributed by atoms with E-state index >= 15 is 0 Å². The molecule has 0 spiro atoms. The van der Waals surface area contributed by atoms with Crippen LogP contribution in [0.4, 0.5) is 0 Å². The van der Waals surface area contributed by atoms with Gasteiger partial charge < -0.3 is 10.4 Å². The van der Waals surface area contributed by atoms with E-state index < -0.39 is 0 Å². The number of hydrogen-bond donors (Lipinski definition) is 2. The van der Waals surface area contributed by atoms with Crippen LogP contribution in [0, 0.1) is 0 Å². The van der Waals surface area contributed by atoms with E-state index in [0.29, 0.717) is 0 Å². The summed E-state index contributed by atoms with van der Waals surface area (Å²) in [6.07, 6.45) is 1.80. The smallest absolute Gasteiger partial charge is 0.115 e. The number of benzene rings is 1. The zero-order chi connectivity index (χ0) is 13.1. The van der Waals surface area contributed by atoms with Crippen molar-refractivity contribution in [3.05, 3.63) is 36.2 Å². The number of hydrogen-bond acceptors (Lipinski definition) is 5. The van der Waals surface area contributed by atoms with Gasteiger partial charge in [-0.1, -0.05) is 5.21 Å². The Kier molecular flexibility index (Phi) is 3.43. The van der Waals surface area contributed by atoms with Crippen LogP contribution in [0.5, 0.6) is 5.75 Å². The van der Waals surface area contributed by atoms with Gasteiger partial charge in [-0.15, -0.1) is 5.10 Å². The van der Waals surface area contributed by atoms with Gasteiger partial charge in [0.1, 0.15) is 5.75 Å². The fourth-order valence-corrected chi connectivity index (χ4v) is 2.27. The number of nitrogens with one attached hydrogen (secondary N) is 1. The summed E-state index contributed by atoms with van der Waals surface area (Å²) in [5.74, 6) is 0.257. The van der Waals surface area contributed by atoms with Gasteiger partial charge in [0.2, 0.25) is 0 Å². The zero-order valence-electron chi connectivity index (χ0n) is 10.7. The lowest BCUT2D eigenvalue weighted by Gasteiger charge is -2.26. The number of phenolic OH excluding ortho intramolecular Hbond substituents is 1. The van der Waals surface area contributed by atoms with Crippen molar-refractivity contribution < 1.29 is 5.11 Å². The minimum atomic E-state index is 0.257. The Hall–Kier alpha value is -1.92. The first-order valence-corrected chi connectivity index (χ1v) is 6.45. The van der Waals surface area contributed by atoms with Crippen molar-refractivity contribution >= 4 is 0 Å². The van der Waals surface area contributed by atoms with Crippen LogP contribution in [0.15, 0.2) is 30.5 Å². The van der Waals surface area contributed by atoms with E-state index in [1.54, 1.807) is 18.3 Å². The summed E-state index contributed by atoms with van der Waals surface area (Å²) in [4.78, 5) is 2.38. The number of aromatic nitrogens is 3. The van der Waals surface area contributed by atoms with Crippen LogP contribution >= 0.6 is 0 Å². The van der Waals surface area contributed by atoms with Crippen LogP contribution in [-0.2, 0) is 6.54 Å². The Balaban J connectivity index is 1.79. The molecule has 0 bridgehead atoms. The molecule has 100 valence electrons. The summed E-state index contributed by atoms with van der Waals surface area (Å²) in [7, 11) is 0. The molecule has 0 unspecified atom stereocenters. The van der Waals surface area contributed by atoms with Crippen LogP contribution in [0.3, 0.4) is 0 Å². The van der Waals surface area contributed by atoms with Gasteiger partial charge in [-0.25, -0.2) is 4.68 Å². The molecule has 1 aliphatic rings. The molecule has 0 atom stereocenters. The van der Waals surface area contributed by atoms with Crippen molar-refractivity contribution in [1.82, 2.24) is 25.2 Å². The molecule has 0 aliphatic carbocycles. The van der Waals surface area contributed by atoms with Crippen LogP contribution in [0.25, 0.3) is 5.69 Å². The molecular formula is C13H17N5O. The summed E-state index contributed by atoms with van der Waals surface area (Å²) in [6, 6.07) is 6.99. The minimum Gasteiger partial charge on any atom is -0.508 e. The van der Waals surface area contributed by atoms with Gasteiger partial charge >= 0.3 is 0 Å². The van der Waals surface area contributed by atoms with Gasteiger partial charge in [-0.2, -0.15) is 0 Å². The van der Waals surface area contributed by atoms with Crippen LogP contribution in [-0.4, -0.2) is 51.2 Å². The van der Waals surface area contributed by atoms with Crippen molar-refractivity contribution in [2.75, 3.05) is 26.2 Å². The molecule has 2 heterocycles. The van der Waals surface area contributed by atoms with Crippen molar-refractivity contribution in [3.8, 4) is 11.4 Å². The van der Waals surface area contributed by atoms with E-state index in [-0.39, 0.29) is 5.75 Å². The monoisotopic (exact) mass is 259 g/mol. The number of aromatic hydroxyl groups is 1. The number of piperazine rings is 1. The van der Waals surface area contributed by atoms with Crippen LogP contribution in [0.1, 0.15) is 5.69 Å². The topological polar surface area (TPSA) is 66.2 Å². The Morgan fingerprint density at radius 2 is 1.89 bits per heavy atom. The normalized spacial score (nSPS) is 16.6. The highest BCUT2D eigenvalue weighted by Crippen LogP contribution is 2.15. The predicted octanol–water partition coefficient (Wildman–Crippen LogP) is 0.378. The fraction of sp³-hybridized carbons (Fsp3) is 0.385. The molecule has 0 amide bonds. The second-order valence-corrected chi connectivity index (χ2v) is 4.68. The molecule has 0 radical (unpaired) electrons. The van der Waals surface area contributed by atoms with E-state index in [9.17, 15) is 5.11 Å². The summed E-state index contributed by atoms with van der Waals surface area (Å²) in [6.45, 7) is 4.98. The lowest BCUT2D eigenvalue weighted by molar-refractivity contribution is 0.229. The Labute approximate surface area is 111 Å². The molecule has 2 N–H and O–H groups in total. The molecular weight excluding hydrogens is 242 g/mol. The third kappa shape index (κ3) is 2.74. The summed E-state index contributed by atoms with van der Waals surface area (Å²) >= 11 is 0. The molecule has 6 nitrogen and oxygen atoms in total. The van der Waals surface area contributed by atoms with Gasteiger partial charge in [-0.3, -0.25) is 4.90 Å². The van der Waals surface area contributed by atoms with Gasteiger partial charge in [0.25, 0.3) is 0 Å². The highest BCUT2D eigenvalue weighted by atomic mass is 16.3. The van der Waals surface area contributed by atoms with Crippen molar-refractivity contribution in [2.24, 2.45) is 0 Å². The molecule has 1 aliphatic heterocycles. The Morgan fingerprint density at radius 1 is 1.16 bits per heavy atom. The van der Waals surface area contributed by atoms with Gasteiger partial charge in [0.15, 0.2) is 0 Å². The first-order valence-electron chi connectivity index (χ1n) is 6.45. The number of phenols is 1. The van der Waals surface area contributed by atoms with E-state index in [4.69, 9.17) is 0 Å². The van der Waals surface area contributed by atoms with Gasteiger partial charge in [-0.05, 0) is 24.3 Å². The SMILES string of the molecule is Oc1ccc(-n2nncc2CN2CCNCC2)cc1. The maximum Gasteiger partial charge on any atom is 0.115 e. The molecule has 0 saturated carbocycles. The molecule has 6 heteroatoms. The standard InChI is InChI=1S/C13H17N5O/c19-13-3-1-11(2-4-13)18-12(9-15-16-18)10-17-7-5-14-6-8-17/h1-4,9,14,19H,5-8,10H2. The van der Waals surface area contributed by atoms with Crippen LogP contribution < -0.4 is 5.32 Å². The quantitative estimate of drug-likeness (QED) is 0.834. The van der Waals surface area contributed by atoms with Crippen molar-refractivity contribution in [2.45, 2.75) is 6.54 Å². The lowest BCUT2D eigenvalue weighted by atomic mass is 10.3. The largest absolute Gasteiger partial charge is 0.508 e. The Morgan fingerprint density at radius 3 is 2.63 bits per heavy atom. The van der Waals surface area contributed by atoms with E-state index in [2.05, 4.69) is 20.5 Å². The third-order valence-electron chi connectivity index (χ3n) is 3.31. The lowest BCUT2D eigenvalue weighted by Crippen LogP contribution is -2.43. The summed E-state index contributed by atoms with van der Waals surface area (Å²) in [5, 5.41) is 20.8. The zero-order valence-corrected chi connectivity index (χ0v) is 10.7. The fourth-order valence-electron chi connectivity index (χ4n) is 2.27. The highest BCUT2D eigenvalue weighted by Gasteiger charge is 2.13. The van der Waals surface area contributed by atoms with Crippen molar-refractivity contribution in [3.63, 3.8) is 0 Å². The first-order chi connectivity index (χ1) is 9.33. The summed E-state index contributed by atoms with van der Waals surface area (Å²) < 4.78 is 1.82. The maximum absolute atomic E-state index is 9.32. The molecule has 1 fully saturated rings. The molecule has 2 aromatic rings. The third-order valence-corrected chi connectivity index (χ3v) is 3.31. The first kappa shape index (κ1) is 12.1. The van der Waals surface area contributed by atoms with E-state index in [0.717, 1.165) is 44.1 Å². The van der Waals surface area contributed by atoms with Gasteiger partial charge in [0.05, 0.1) is 17.6 Å².